The van der Waals surface area contributed by atoms with E-state index in [1.165, 1.54) is 57.3 Å². The summed E-state index contributed by atoms with van der Waals surface area (Å²) in [6, 6.07) is 7.03. The molecule has 1 aromatic rings. The van der Waals surface area contributed by atoms with Crippen LogP contribution in [0.25, 0.3) is 0 Å². The molecule has 2 saturated heterocycles. The molecule has 3 fully saturated rings. The van der Waals surface area contributed by atoms with Crippen molar-refractivity contribution in [3.63, 3.8) is 0 Å². The van der Waals surface area contributed by atoms with E-state index in [9.17, 15) is 4.79 Å². The highest BCUT2D eigenvalue weighted by Crippen LogP contribution is 2.37. The first-order chi connectivity index (χ1) is 15.3. The van der Waals surface area contributed by atoms with Crippen LogP contribution in [0.2, 0.25) is 0 Å². The molecule has 1 aliphatic carbocycles. The molecule has 1 atom stereocenters. The summed E-state index contributed by atoms with van der Waals surface area (Å²) >= 11 is 0. The van der Waals surface area contributed by atoms with Crippen LogP contribution < -0.4 is 10.1 Å². The number of benzene rings is 1. The van der Waals surface area contributed by atoms with Crippen molar-refractivity contribution in [2.45, 2.75) is 69.7 Å². The maximum Gasteiger partial charge on any atom is 0.225 e. The second-order valence-electron chi connectivity index (χ2n) is 10.1. The lowest BCUT2D eigenvalue weighted by Crippen LogP contribution is -2.41. The lowest BCUT2D eigenvalue weighted by molar-refractivity contribution is -0.125. The van der Waals surface area contributed by atoms with Gasteiger partial charge in [0.1, 0.15) is 5.75 Å². The molecule has 3 heterocycles. The number of nitrogens with one attached hydrogen (secondary N) is 1. The SMILES string of the molecule is O=C(N[C@H]1CC[C@H](CCN2CCC(c3cccc4c3CCO4)CC2)CC1)C1CCOC1. The molecule has 5 rings (SSSR count). The van der Waals surface area contributed by atoms with Crippen LogP contribution in [0, 0.1) is 11.8 Å². The molecule has 3 aliphatic heterocycles. The lowest BCUT2D eigenvalue weighted by atomic mass is 9.83. The van der Waals surface area contributed by atoms with E-state index in [-0.39, 0.29) is 11.8 Å². The zero-order valence-electron chi connectivity index (χ0n) is 18.8. The van der Waals surface area contributed by atoms with Crippen LogP contribution in [-0.4, -0.2) is 56.3 Å². The Kier molecular flexibility index (Phi) is 6.80. The Morgan fingerprint density at radius 2 is 1.87 bits per heavy atom. The van der Waals surface area contributed by atoms with Crippen molar-refractivity contribution in [2.24, 2.45) is 11.8 Å². The van der Waals surface area contributed by atoms with E-state index < -0.39 is 0 Å². The number of amides is 1. The van der Waals surface area contributed by atoms with Crippen LogP contribution in [0.3, 0.4) is 0 Å². The number of fused-ring (bicyclic) bond motifs is 1. The number of hydrogen-bond acceptors (Lipinski definition) is 4. The van der Waals surface area contributed by atoms with Gasteiger partial charge in [-0.3, -0.25) is 4.79 Å². The standard InChI is InChI=1S/C26H38N2O3/c29-26(21-11-16-30-18-21)27-22-6-4-19(5-7-22)8-13-28-14-9-20(10-15-28)23-2-1-3-25-24(23)12-17-31-25/h1-3,19-22H,4-18H2,(H,27,29)/t19-,21?,22-. The van der Waals surface area contributed by atoms with E-state index >= 15 is 0 Å². The van der Waals surface area contributed by atoms with Crippen molar-refractivity contribution < 1.29 is 14.3 Å². The zero-order chi connectivity index (χ0) is 21.0. The first-order valence-electron chi connectivity index (χ1n) is 12.6. The first kappa shape index (κ1) is 21.3. The summed E-state index contributed by atoms with van der Waals surface area (Å²) in [5, 5.41) is 3.29. The fraction of sp³-hybridized carbons (Fsp3) is 0.731. The van der Waals surface area contributed by atoms with E-state index in [2.05, 4.69) is 28.4 Å². The minimum Gasteiger partial charge on any atom is -0.493 e. The highest BCUT2D eigenvalue weighted by atomic mass is 16.5. The van der Waals surface area contributed by atoms with Gasteiger partial charge in [0.15, 0.2) is 0 Å². The van der Waals surface area contributed by atoms with Gasteiger partial charge in [-0.15, -0.1) is 0 Å². The Labute approximate surface area is 186 Å². The Morgan fingerprint density at radius 3 is 2.65 bits per heavy atom. The molecule has 0 spiro atoms. The van der Waals surface area contributed by atoms with Gasteiger partial charge < -0.3 is 19.7 Å². The molecule has 1 unspecified atom stereocenters. The number of likely N-dealkylation sites (tertiary alicyclic amines) is 1. The molecule has 0 radical (unpaired) electrons. The summed E-state index contributed by atoms with van der Waals surface area (Å²) in [5.74, 6) is 2.97. The Morgan fingerprint density at radius 1 is 1.03 bits per heavy atom. The lowest BCUT2D eigenvalue weighted by Gasteiger charge is -2.35. The van der Waals surface area contributed by atoms with Gasteiger partial charge in [0.2, 0.25) is 5.91 Å². The fourth-order valence-corrected chi connectivity index (χ4v) is 6.12. The van der Waals surface area contributed by atoms with E-state index in [4.69, 9.17) is 9.47 Å². The van der Waals surface area contributed by atoms with Gasteiger partial charge in [0, 0.05) is 24.6 Å². The molecule has 1 N–H and O–H groups in total. The van der Waals surface area contributed by atoms with Gasteiger partial charge in [0.05, 0.1) is 19.1 Å². The van der Waals surface area contributed by atoms with E-state index in [0.29, 0.717) is 18.6 Å². The highest BCUT2D eigenvalue weighted by molar-refractivity contribution is 5.79. The zero-order valence-corrected chi connectivity index (χ0v) is 18.8. The number of carbonyl (C=O) groups is 1. The largest absolute Gasteiger partial charge is 0.493 e. The van der Waals surface area contributed by atoms with Gasteiger partial charge in [0.25, 0.3) is 0 Å². The molecule has 1 aromatic carbocycles. The molecule has 31 heavy (non-hydrogen) atoms. The van der Waals surface area contributed by atoms with Crippen molar-refractivity contribution >= 4 is 5.91 Å². The third-order valence-corrected chi connectivity index (χ3v) is 8.15. The minimum absolute atomic E-state index is 0.0881. The molecule has 1 amide bonds. The number of piperidine rings is 1. The summed E-state index contributed by atoms with van der Waals surface area (Å²) in [5.41, 5.74) is 3.03. The van der Waals surface area contributed by atoms with Crippen LogP contribution in [0.1, 0.15) is 68.4 Å². The summed E-state index contributed by atoms with van der Waals surface area (Å²) < 4.78 is 11.1. The van der Waals surface area contributed by atoms with Crippen molar-refractivity contribution in [3.05, 3.63) is 29.3 Å². The van der Waals surface area contributed by atoms with E-state index in [1.807, 2.05) is 0 Å². The summed E-state index contributed by atoms with van der Waals surface area (Å²) in [4.78, 5) is 15.0. The van der Waals surface area contributed by atoms with E-state index in [1.54, 1.807) is 5.56 Å². The van der Waals surface area contributed by atoms with Gasteiger partial charge in [-0.25, -0.2) is 0 Å². The van der Waals surface area contributed by atoms with E-state index in [0.717, 1.165) is 50.6 Å². The number of nitrogens with zero attached hydrogens (tertiary/aromatic N) is 1. The predicted molar refractivity (Wildman–Crippen MR) is 121 cm³/mol. The van der Waals surface area contributed by atoms with Crippen molar-refractivity contribution in [1.29, 1.82) is 0 Å². The molecule has 1 saturated carbocycles. The third-order valence-electron chi connectivity index (χ3n) is 8.15. The van der Waals surface area contributed by atoms with Crippen LogP contribution in [-0.2, 0) is 16.0 Å². The highest BCUT2D eigenvalue weighted by Gasteiger charge is 2.29. The summed E-state index contributed by atoms with van der Waals surface area (Å²) in [7, 11) is 0. The Bertz CT molecular complexity index is 745. The topological polar surface area (TPSA) is 50.8 Å². The molecule has 5 heteroatoms. The van der Waals surface area contributed by atoms with Crippen molar-refractivity contribution in [1.82, 2.24) is 10.2 Å². The van der Waals surface area contributed by atoms with Gasteiger partial charge in [-0.2, -0.15) is 0 Å². The fourth-order valence-electron chi connectivity index (χ4n) is 6.12. The third kappa shape index (κ3) is 5.09. The maximum atomic E-state index is 12.3. The molecular weight excluding hydrogens is 388 g/mol. The van der Waals surface area contributed by atoms with Crippen molar-refractivity contribution in [2.75, 3.05) is 39.5 Å². The molecule has 4 aliphatic rings. The molecular formula is C26H38N2O3. The second-order valence-corrected chi connectivity index (χ2v) is 10.1. The minimum atomic E-state index is 0.0881. The Balaban J connectivity index is 1.01. The van der Waals surface area contributed by atoms with Crippen LogP contribution in [0.5, 0.6) is 5.75 Å². The molecule has 0 aromatic heterocycles. The molecule has 0 bridgehead atoms. The van der Waals surface area contributed by atoms with Gasteiger partial charge in [-0.05, 0) is 94.5 Å². The average Bonchev–Trinajstić information content (AvgIpc) is 3.51. The van der Waals surface area contributed by atoms with Gasteiger partial charge in [-0.1, -0.05) is 12.1 Å². The number of ether oxygens (including phenoxy) is 2. The first-order valence-corrected chi connectivity index (χ1v) is 12.6. The smallest absolute Gasteiger partial charge is 0.225 e. The number of hydrogen-bond donors (Lipinski definition) is 1. The van der Waals surface area contributed by atoms with Crippen molar-refractivity contribution in [3.8, 4) is 5.75 Å². The normalized spacial score (nSPS) is 29.5. The number of carbonyl (C=O) groups excluding carboxylic acids is 1. The average molecular weight is 427 g/mol. The van der Waals surface area contributed by atoms with Crippen LogP contribution >= 0.6 is 0 Å². The molecule has 5 nitrogen and oxygen atoms in total. The van der Waals surface area contributed by atoms with Crippen LogP contribution in [0.4, 0.5) is 0 Å². The summed E-state index contributed by atoms with van der Waals surface area (Å²) in [6.45, 7) is 5.90. The summed E-state index contributed by atoms with van der Waals surface area (Å²) in [6.07, 6.45) is 10.7. The quantitative estimate of drug-likeness (QED) is 0.750. The maximum absolute atomic E-state index is 12.3. The predicted octanol–water partition coefficient (Wildman–Crippen LogP) is 3.90. The van der Waals surface area contributed by atoms with Crippen LogP contribution in [0.15, 0.2) is 18.2 Å². The van der Waals surface area contributed by atoms with Gasteiger partial charge >= 0.3 is 0 Å². The Hall–Kier alpha value is -1.59. The second kappa shape index (κ2) is 9.91. The number of rotatable bonds is 6. The molecule has 170 valence electrons. The monoisotopic (exact) mass is 426 g/mol.